The van der Waals surface area contributed by atoms with Crippen molar-refractivity contribution in [2.45, 2.75) is 77.0 Å². The molecule has 272 valence electrons. The fraction of sp³-hybridized carbons (Fsp3) is 0.425. The maximum Gasteiger partial charge on any atom is 0.264 e. The molecule has 5 rings (SSSR count). The van der Waals surface area contributed by atoms with Crippen molar-refractivity contribution >= 4 is 37.3 Å². The molecule has 3 aliphatic rings. The SMILES string of the molecule is C#CCNC1=C(/C=C/C2=[N+](CCCCS(=O)(=O)O)c3ccccc3C2(C)C)CC/C1=C\C=C1/N(CCCCS(=O)(=O)O)c2ccccc2C1(C)C. The first-order chi connectivity index (χ1) is 24.0. The Kier molecular flexibility index (Phi) is 11.5. The maximum absolute atomic E-state index is 11.3. The van der Waals surface area contributed by atoms with Crippen molar-refractivity contribution in [3.05, 3.63) is 107 Å². The highest BCUT2D eigenvalue weighted by atomic mass is 32.2. The van der Waals surface area contributed by atoms with Gasteiger partial charge in [-0.05, 0) is 74.8 Å². The average molecular weight is 733 g/mol. The summed E-state index contributed by atoms with van der Waals surface area (Å²) >= 11 is 0. The number of nitrogens with one attached hydrogen (secondary N) is 1. The van der Waals surface area contributed by atoms with Crippen molar-refractivity contribution in [3.63, 3.8) is 0 Å². The van der Waals surface area contributed by atoms with Crippen molar-refractivity contribution in [2.75, 3.05) is 36.0 Å². The van der Waals surface area contributed by atoms with Gasteiger partial charge in [-0.2, -0.15) is 21.4 Å². The molecule has 0 bridgehead atoms. The molecule has 0 amide bonds. The van der Waals surface area contributed by atoms with Gasteiger partial charge in [0.15, 0.2) is 5.71 Å². The number of allylic oxidation sites excluding steroid dienone is 7. The predicted octanol–water partition coefficient (Wildman–Crippen LogP) is 6.83. The molecule has 51 heavy (non-hydrogen) atoms. The van der Waals surface area contributed by atoms with Crippen molar-refractivity contribution in [2.24, 2.45) is 0 Å². The van der Waals surface area contributed by atoms with Gasteiger partial charge in [0.1, 0.15) is 6.54 Å². The minimum Gasteiger partial charge on any atom is -0.374 e. The van der Waals surface area contributed by atoms with E-state index in [2.05, 4.69) is 97.0 Å². The van der Waals surface area contributed by atoms with Crippen molar-refractivity contribution in [1.82, 2.24) is 5.32 Å². The summed E-state index contributed by atoms with van der Waals surface area (Å²) in [5.41, 5.74) is 9.63. The number of para-hydroxylation sites is 2. The molecule has 2 heterocycles. The van der Waals surface area contributed by atoms with Gasteiger partial charge in [-0.1, -0.05) is 68.3 Å². The van der Waals surface area contributed by atoms with E-state index >= 15 is 0 Å². The molecule has 0 saturated heterocycles. The third-order valence-electron chi connectivity index (χ3n) is 10.2. The molecule has 1 aliphatic carbocycles. The Morgan fingerprint density at radius 1 is 0.843 bits per heavy atom. The molecular formula is C40H50N3O6S2+. The van der Waals surface area contributed by atoms with Crippen LogP contribution >= 0.6 is 0 Å². The highest BCUT2D eigenvalue weighted by Crippen LogP contribution is 2.48. The lowest BCUT2D eigenvalue weighted by molar-refractivity contribution is -0.438. The third kappa shape index (κ3) is 8.75. The second kappa shape index (κ2) is 15.3. The van der Waals surface area contributed by atoms with Gasteiger partial charge >= 0.3 is 0 Å². The van der Waals surface area contributed by atoms with Crippen molar-refractivity contribution in [1.29, 1.82) is 0 Å². The van der Waals surface area contributed by atoms with Crippen LogP contribution in [0.15, 0.2) is 95.4 Å². The van der Waals surface area contributed by atoms with Crippen LogP contribution in [0.5, 0.6) is 0 Å². The highest BCUT2D eigenvalue weighted by molar-refractivity contribution is 7.86. The van der Waals surface area contributed by atoms with E-state index in [4.69, 9.17) is 6.42 Å². The molecule has 0 radical (unpaired) electrons. The Balaban J connectivity index is 1.48. The number of rotatable bonds is 15. The second-order valence-corrected chi connectivity index (χ2v) is 17.6. The Bertz CT molecular complexity index is 2080. The van der Waals surface area contributed by atoms with Gasteiger partial charge in [0.05, 0.1) is 23.5 Å². The monoisotopic (exact) mass is 732 g/mol. The molecule has 0 saturated carbocycles. The summed E-state index contributed by atoms with van der Waals surface area (Å²) in [6.07, 6.45) is 18.0. The van der Waals surface area contributed by atoms with E-state index in [0.717, 1.165) is 52.5 Å². The summed E-state index contributed by atoms with van der Waals surface area (Å²) in [5, 5.41) is 3.49. The molecule has 3 N–H and O–H groups in total. The van der Waals surface area contributed by atoms with E-state index in [1.54, 1.807) is 0 Å². The lowest BCUT2D eigenvalue weighted by atomic mass is 9.81. The smallest absolute Gasteiger partial charge is 0.264 e. The number of hydrogen-bond donors (Lipinski definition) is 3. The summed E-state index contributed by atoms with van der Waals surface area (Å²) in [6.45, 7) is 10.5. The Hall–Kier alpha value is -3.95. The van der Waals surface area contributed by atoms with Crippen LogP contribution in [0, 0.1) is 12.3 Å². The molecule has 0 unspecified atom stereocenters. The van der Waals surface area contributed by atoms with Crippen LogP contribution in [-0.4, -0.2) is 67.4 Å². The minimum atomic E-state index is -4.01. The number of fused-ring (bicyclic) bond motifs is 2. The zero-order valence-electron chi connectivity index (χ0n) is 30.0. The average Bonchev–Trinajstić information content (AvgIpc) is 3.62. The van der Waals surface area contributed by atoms with Crippen LogP contribution < -0.4 is 10.2 Å². The van der Waals surface area contributed by atoms with E-state index in [-0.39, 0.29) is 22.3 Å². The lowest BCUT2D eigenvalue weighted by Gasteiger charge is -2.27. The number of terminal acetylenes is 1. The number of anilines is 1. The Labute approximate surface area is 304 Å². The van der Waals surface area contributed by atoms with Crippen LogP contribution in [0.2, 0.25) is 0 Å². The molecule has 2 aromatic carbocycles. The quantitative estimate of drug-likeness (QED) is 0.0788. The van der Waals surface area contributed by atoms with E-state index in [9.17, 15) is 25.9 Å². The van der Waals surface area contributed by atoms with E-state index < -0.39 is 20.2 Å². The molecule has 11 heteroatoms. The lowest BCUT2D eigenvalue weighted by Crippen LogP contribution is -2.28. The molecule has 9 nitrogen and oxygen atoms in total. The molecule has 0 atom stereocenters. The first-order valence-electron chi connectivity index (χ1n) is 17.6. The van der Waals surface area contributed by atoms with Crippen molar-refractivity contribution < 1.29 is 30.5 Å². The molecule has 2 aromatic rings. The summed E-state index contributed by atoms with van der Waals surface area (Å²) < 4.78 is 66.1. The first-order valence-corrected chi connectivity index (χ1v) is 20.8. The number of benzene rings is 2. The van der Waals surface area contributed by atoms with Crippen LogP contribution in [0.1, 0.15) is 77.3 Å². The van der Waals surface area contributed by atoms with Crippen LogP contribution in [-0.2, 0) is 31.1 Å². The van der Waals surface area contributed by atoms with Gasteiger partial charge in [0, 0.05) is 53.2 Å². The summed E-state index contributed by atoms with van der Waals surface area (Å²) in [7, 11) is -8.02. The molecule has 0 fully saturated rings. The number of nitrogens with zero attached hydrogens (tertiary/aromatic N) is 2. The number of hydrogen-bond acceptors (Lipinski definition) is 6. The second-order valence-electron chi connectivity index (χ2n) is 14.5. The fourth-order valence-electron chi connectivity index (χ4n) is 7.66. The first kappa shape index (κ1) is 38.3. The standard InChI is InChI=1S/C40H49N3O6S2/c1-6-25-41-38-30(21-23-36-39(2,3)32-15-7-9-17-34(32)42(36)26-11-13-28-50(44,45)46)19-20-31(38)22-24-37-40(4,5)33-16-8-10-18-35(33)43(37)27-12-14-29-51(47,48)49/h1,7-10,15-18,21-24H,11-14,19-20,25-29H2,2-5H3,(H2,44,45,46,47,48,49)/p+1/b30-21+,36-23-. The molecule has 0 aromatic heterocycles. The minimum absolute atomic E-state index is 0.255. The van der Waals surface area contributed by atoms with E-state index in [0.29, 0.717) is 45.3 Å². The third-order valence-corrected chi connectivity index (χ3v) is 11.8. The summed E-state index contributed by atoms with van der Waals surface area (Å²) in [6, 6.07) is 16.6. The zero-order chi connectivity index (χ0) is 37.0. The van der Waals surface area contributed by atoms with E-state index in [1.165, 1.54) is 11.1 Å². The van der Waals surface area contributed by atoms with Gasteiger partial charge in [0.2, 0.25) is 5.69 Å². The molecule has 2 aliphatic heterocycles. The topological polar surface area (TPSA) is 127 Å². The van der Waals surface area contributed by atoms with Crippen LogP contribution in [0.25, 0.3) is 0 Å². The van der Waals surface area contributed by atoms with Crippen LogP contribution in [0.4, 0.5) is 11.4 Å². The summed E-state index contributed by atoms with van der Waals surface area (Å²) in [5.74, 6) is 2.21. The predicted molar refractivity (Wildman–Crippen MR) is 206 cm³/mol. The highest BCUT2D eigenvalue weighted by Gasteiger charge is 2.44. The maximum atomic E-state index is 11.3. The molecular weight excluding hydrogens is 683 g/mol. The molecule has 0 spiro atoms. The number of unbranched alkanes of at least 4 members (excludes halogenated alkanes) is 2. The van der Waals surface area contributed by atoms with E-state index in [1.807, 2.05) is 24.3 Å². The van der Waals surface area contributed by atoms with Gasteiger partial charge in [-0.15, -0.1) is 6.42 Å². The van der Waals surface area contributed by atoms with Gasteiger partial charge in [-0.3, -0.25) is 9.11 Å². The Morgan fingerprint density at radius 3 is 2.18 bits per heavy atom. The van der Waals surface area contributed by atoms with Crippen molar-refractivity contribution in [3.8, 4) is 12.3 Å². The van der Waals surface area contributed by atoms with Gasteiger partial charge < -0.3 is 10.2 Å². The van der Waals surface area contributed by atoms with Crippen LogP contribution in [0.3, 0.4) is 0 Å². The van der Waals surface area contributed by atoms with Gasteiger partial charge in [-0.25, -0.2) is 0 Å². The summed E-state index contributed by atoms with van der Waals surface area (Å²) in [4.78, 5) is 2.27. The van der Waals surface area contributed by atoms with Gasteiger partial charge in [0.25, 0.3) is 20.2 Å². The Morgan fingerprint density at radius 2 is 1.49 bits per heavy atom. The fourth-order valence-corrected chi connectivity index (χ4v) is 8.79. The largest absolute Gasteiger partial charge is 0.374 e. The normalized spacial score (nSPS) is 19.7. The zero-order valence-corrected chi connectivity index (χ0v) is 31.7.